The maximum absolute atomic E-state index is 11.5. The third-order valence-electron chi connectivity index (χ3n) is 8.98. The molecule has 0 aromatic heterocycles. The van der Waals surface area contributed by atoms with E-state index in [2.05, 4.69) is 23.7 Å². The average Bonchev–Trinajstić information content (AvgIpc) is 3.27. The molecule has 0 saturated heterocycles. The first-order valence-corrected chi connectivity index (χ1v) is 19.5. The van der Waals surface area contributed by atoms with E-state index in [0.717, 1.165) is 9.80 Å². The van der Waals surface area contributed by atoms with E-state index in [4.69, 9.17) is 9.47 Å². The van der Waals surface area contributed by atoms with Crippen molar-refractivity contribution in [3.8, 4) is 35.2 Å². The molecule has 5 aromatic rings. The van der Waals surface area contributed by atoms with Gasteiger partial charge in [0.05, 0.1) is 73.4 Å². The predicted octanol–water partition coefficient (Wildman–Crippen LogP) is -20.3. The van der Waals surface area contributed by atoms with E-state index < -0.39 is 75.2 Å². The molecular formula is C50H34N2Na6O14. The Kier molecular flexibility index (Phi) is 36.0. The third kappa shape index (κ3) is 24.4. The van der Waals surface area contributed by atoms with Gasteiger partial charge in [0.2, 0.25) is 0 Å². The molecule has 22 heteroatoms. The van der Waals surface area contributed by atoms with Crippen LogP contribution in [0.15, 0.2) is 109 Å². The molecule has 0 N–H and O–H groups in total. The first kappa shape index (κ1) is 70.8. The van der Waals surface area contributed by atoms with E-state index in [0.29, 0.717) is 44.5 Å². The zero-order valence-electron chi connectivity index (χ0n) is 40.6. The van der Waals surface area contributed by atoms with Crippen LogP contribution in [0.25, 0.3) is 24.3 Å². The Labute approximate surface area is 548 Å². The van der Waals surface area contributed by atoms with Crippen LogP contribution in [-0.2, 0) is 28.8 Å². The van der Waals surface area contributed by atoms with E-state index in [-0.39, 0.29) is 200 Å². The molecule has 0 aliphatic rings. The summed E-state index contributed by atoms with van der Waals surface area (Å²) in [5.74, 6) is 2.68. The van der Waals surface area contributed by atoms with E-state index in [1.807, 2.05) is 60.7 Å². The van der Waals surface area contributed by atoms with Crippen LogP contribution in [0.2, 0.25) is 0 Å². The number of carboxylic acid groups (broad SMARTS) is 6. The van der Waals surface area contributed by atoms with Crippen molar-refractivity contribution in [2.45, 2.75) is 0 Å². The second-order valence-corrected chi connectivity index (χ2v) is 13.9. The van der Waals surface area contributed by atoms with Crippen molar-refractivity contribution < 1.29 is 246 Å². The number of ether oxygens (including phenoxy) is 2. The number of carboxylic acids is 6. The topological polar surface area (TPSA) is 266 Å². The second-order valence-electron chi connectivity index (χ2n) is 13.9. The molecule has 5 rings (SSSR count). The fraction of sp³-hybridized carbons (Fsp3) is 0.120. The van der Waals surface area contributed by atoms with Gasteiger partial charge in [0.25, 0.3) is 0 Å². The van der Waals surface area contributed by atoms with Crippen molar-refractivity contribution in [2.75, 3.05) is 49.2 Å². The minimum Gasteiger partial charge on any atom is -0.548 e. The van der Waals surface area contributed by atoms with Crippen LogP contribution >= 0.6 is 0 Å². The maximum atomic E-state index is 11.5. The molecular weight excluding hydrogens is 990 g/mol. The third-order valence-corrected chi connectivity index (χ3v) is 8.98. The Morgan fingerprint density at radius 3 is 1.01 bits per heavy atom. The summed E-state index contributed by atoms with van der Waals surface area (Å²) in [7, 11) is 0. The summed E-state index contributed by atoms with van der Waals surface area (Å²) in [6.45, 7) is -5.39. The van der Waals surface area contributed by atoms with Crippen LogP contribution in [-0.4, -0.2) is 75.2 Å². The fourth-order valence-electron chi connectivity index (χ4n) is 6.19. The van der Waals surface area contributed by atoms with Gasteiger partial charge in [-0.1, -0.05) is 96.5 Å². The van der Waals surface area contributed by atoms with E-state index in [9.17, 15) is 59.4 Å². The molecule has 0 amide bonds. The average molecular weight is 1020 g/mol. The van der Waals surface area contributed by atoms with Crippen molar-refractivity contribution in [2.24, 2.45) is 0 Å². The van der Waals surface area contributed by atoms with Gasteiger partial charge in [-0.25, -0.2) is 0 Å². The van der Waals surface area contributed by atoms with E-state index in [1.165, 1.54) is 36.4 Å². The van der Waals surface area contributed by atoms with Gasteiger partial charge in [0, 0.05) is 22.3 Å². The molecule has 0 atom stereocenters. The Hall–Kier alpha value is -3.28. The van der Waals surface area contributed by atoms with Gasteiger partial charge >= 0.3 is 177 Å². The summed E-state index contributed by atoms with van der Waals surface area (Å²) >= 11 is 0. The number of nitrogens with zero attached hydrogens (tertiary/aromatic N) is 2. The number of hydrogen-bond acceptors (Lipinski definition) is 16. The molecule has 0 saturated carbocycles. The largest absolute Gasteiger partial charge is 1.00 e. The monoisotopic (exact) mass is 1020 g/mol. The van der Waals surface area contributed by atoms with E-state index >= 15 is 0 Å². The van der Waals surface area contributed by atoms with Gasteiger partial charge in [-0.05, 0) is 82.9 Å². The number of carbonyl (C=O) groups excluding carboxylic acids is 6. The van der Waals surface area contributed by atoms with Crippen LogP contribution in [0.4, 0.5) is 11.4 Å². The molecule has 72 heavy (non-hydrogen) atoms. The molecule has 0 heterocycles. The normalized spacial score (nSPS) is 9.67. The number of aliphatic carboxylic acids is 6. The summed E-state index contributed by atoms with van der Waals surface area (Å²) < 4.78 is 10.8. The molecule has 16 nitrogen and oxygen atoms in total. The quantitative estimate of drug-likeness (QED) is 0.0398. The predicted molar refractivity (Wildman–Crippen MR) is 227 cm³/mol. The Balaban J connectivity index is 0. The van der Waals surface area contributed by atoms with Crippen LogP contribution in [0.1, 0.15) is 44.5 Å². The number of carbonyl (C=O) groups is 6. The molecule has 0 fully saturated rings. The summed E-state index contributed by atoms with van der Waals surface area (Å²) in [4.78, 5) is 70.3. The van der Waals surface area contributed by atoms with Crippen LogP contribution < -0.4 is 227 Å². The summed E-state index contributed by atoms with van der Waals surface area (Å²) in [5.41, 5.74) is 4.16. The Morgan fingerprint density at radius 2 is 0.722 bits per heavy atom. The van der Waals surface area contributed by atoms with Crippen molar-refractivity contribution in [1.82, 2.24) is 0 Å². The summed E-state index contributed by atoms with van der Waals surface area (Å²) in [5, 5.41) is 68.6. The molecule has 0 aliphatic carbocycles. The van der Waals surface area contributed by atoms with Crippen LogP contribution in [0.5, 0.6) is 11.5 Å². The van der Waals surface area contributed by atoms with Crippen LogP contribution in [0, 0.1) is 23.7 Å². The minimum atomic E-state index is -1.61. The second kappa shape index (κ2) is 36.6. The molecule has 0 spiro atoms. The van der Waals surface area contributed by atoms with Crippen LogP contribution in [0.3, 0.4) is 0 Å². The molecule has 0 bridgehead atoms. The van der Waals surface area contributed by atoms with Gasteiger partial charge in [0.15, 0.2) is 0 Å². The SMILES string of the molecule is O=C([O-])COc1cc(/C=C/c2cc(C#Cc3ccccc3)c(/C=C/c3ccc(N(CC(=O)[O-])CC(=O)[O-])c(OCC(=O)[O-])c3)cc2C#Cc2ccccc2)ccc1N(CC(=O)[O-])CC(=O)[O-].[Na+].[Na+].[Na+].[Na+].[Na+].[Na+]. The fourth-order valence-corrected chi connectivity index (χ4v) is 6.19. The Bertz CT molecular complexity index is 2620. The molecule has 5 aromatic carbocycles. The maximum Gasteiger partial charge on any atom is 1.00 e. The number of rotatable bonds is 20. The Morgan fingerprint density at radius 1 is 0.403 bits per heavy atom. The van der Waals surface area contributed by atoms with Gasteiger partial charge in [0.1, 0.15) is 24.7 Å². The van der Waals surface area contributed by atoms with Gasteiger partial charge in [-0.3, -0.25) is 0 Å². The zero-order chi connectivity index (χ0) is 47.6. The van der Waals surface area contributed by atoms with Crippen molar-refractivity contribution in [3.63, 3.8) is 0 Å². The molecule has 0 unspecified atom stereocenters. The van der Waals surface area contributed by atoms with E-state index in [1.54, 1.807) is 36.4 Å². The molecule has 0 radical (unpaired) electrons. The number of anilines is 2. The summed E-state index contributed by atoms with van der Waals surface area (Å²) in [6, 6.07) is 30.2. The van der Waals surface area contributed by atoms with Gasteiger partial charge < -0.3 is 78.7 Å². The first-order chi connectivity index (χ1) is 31.6. The summed E-state index contributed by atoms with van der Waals surface area (Å²) in [6.07, 6.45) is 6.64. The van der Waals surface area contributed by atoms with Crippen molar-refractivity contribution in [3.05, 3.63) is 154 Å². The molecule has 0 aliphatic heterocycles. The standard InChI is InChI=1S/C50H40N2O14.6Na/c53-45(54)27-51(28-46(55)56)41-21-15-35(23-43(41)65-31-49(61)62)13-19-39-26-38(18-12-34-9-5-2-6-10-34)40(25-37(39)17-11-33-7-3-1-4-8-33)20-14-36-16-22-42(44(24-36)66-32-50(63)64)52(29-47(57)58)30-48(59)60;;;;;;/h1-10,13-16,19-26H,27-32H2,(H,53,54)(H,55,56)(H,57,58)(H,59,60)(H,61,62)(H,63,64);;;;;;/q;6*+1/p-6/b19-13+,20-14+;;;;;;. The van der Waals surface area contributed by atoms with Crippen molar-refractivity contribution in [1.29, 1.82) is 0 Å². The van der Waals surface area contributed by atoms with Gasteiger partial charge in [-0.2, -0.15) is 0 Å². The number of benzene rings is 5. The number of hydrogen-bond donors (Lipinski definition) is 0. The smallest absolute Gasteiger partial charge is 0.548 e. The first-order valence-electron chi connectivity index (χ1n) is 19.5. The van der Waals surface area contributed by atoms with Gasteiger partial charge in [-0.15, -0.1) is 0 Å². The van der Waals surface area contributed by atoms with Crippen molar-refractivity contribution >= 4 is 71.5 Å². The molecule has 334 valence electrons. The zero-order valence-corrected chi connectivity index (χ0v) is 52.6. The minimum absolute atomic E-state index is 0.